The van der Waals surface area contributed by atoms with E-state index in [4.69, 9.17) is 20.3 Å². The number of nitrogens with two attached hydrogens (primary N) is 1. The molecular formula is C19H24N3O13P3. The van der Waals surface area contributed by atoms with Crippen molar-refractivity contribution in [2.75, 3.05) is 12.3 Å². The number of anilines is 1. The smallest absolute Gasteiger partial charge is 0.390 e. The lowest BCUT2D eigenvalue weighted by Gasteiger charge is -2.19. The first-order valence-corrected chi connectivity index (χ1v) is 15.1. The zero-order valence-corrected chi connectivity index (χ0v) is 22.5. The summed E-state index contributed by atoms with van der Waals surface area (Å²) in [5.41, 5.74) is 7.91. The third kappa shape index (κ3) is 8.65. The van der Waals surface area contributed by atoms with Crippen LogP contribution in [0.2, 0.25) is 0 Å². The number of phosphoric ester groups is 1. The number of phosphoric acid groups is 3. The van der Waals surface area contributed by atoms with Gasteiger partial charge < -0.3 is 35.2 Å². The number of aryl methyl sites for hydroxylation is 2. The third-order valence-electron chi connectivity index (χ3n) is 4.88. The molecule has 2 aromatic rings. The number of aromatic nitrogens is 2. The molecular weight excluding hydrogens is 571 g/mol. The third-order valence-corrected chi connectivity index (χ3v) is 8.68. The minimum atomic E-state index is -5.71. The molecule has 1 aliphatic heterocycles. The summed E-state index contributed by atoms with van der Waals surface area (Å²) in [7, 11) is -16.7. The fraction of sp³-hybridized carbons (Fsp3) is 0.368. The largest absolute Gasteiger partial charge is 0.490 e. The molecule has 19 heteroatoms. The number of nitrogens with zero attached hydrogens (tertiary/aromatic N) is 2. The topological polar surface area (TPSA) is 250 Å². The molecule has 1 aromatic carbocycles. The van der Waals surface area contributed by atoms with Crippen LogP contribution in [0.1, 0.15) is 34.9 Å². The molecule has 208 valence electrons. The van der Waals surface area contributed by atoms with Gasteiger partial charge >= 0.3 is 29.2 Å². The van der Waals surface area contributed by atoms with Gasteiger partial charge in [0.15, 0.2) is 0 Å². The van der Waals surface area contributed by atoms with Gasteiger partial charge in [0, 0.05) is 18.2 Å². The normalized spacial score (nSPS) is 22.8. The van der Waals surface area contributed by atoms with Crippen molar-refractivity contribution in [3.63, 3.8) is 0 Å². The van der Waals surface area contributed by atoms with Crippen LogP contribution < -0.4 is 11.4 Å². The van der Waals surface area contributed by atoms with Gasteiger partial charge in [0.2, 0.25) is 0 Å². The molecule has 3 rings (SSSR count). The Balaban J connectivity index is 1.73. The fourth-order valence-corrected chi connectivity index (χ4v) is 6.51. The second-order valence-electron chi connectivity index (χ2n) is 8.18. The highest BCUT2D eigenvalue weighted by atomic mass is 31.3. The minimum Gasteiger partial charge on any atom is -0.390 e. The lowest BCUT2D eigenvalue weighted by Crippen LogP contribution is -2.29. The molecule has 1 aromatic heterocycles. The lowest BCUT2D eigenvalue weighted by atomic mass is 10.1. The van der Waals surface area contributed by atoms with Gasteiger partial charge in [-0.3, -0.25) is 9.09 Å². The van der Waals surface area contributed by atoms with Crippen LogP contribution in [0.25, 0.3) is 0 Å². The summed E-state index contributed by atoms with van der Waals surface area (Å²) in [6, 6.07) is 5.70. The van der Waals surface area contributed by atoms with Crippen molar-refractivity contribution in [3.05, 3.63) is 57.1 Å². The van der Waals surface area contributed by atoms with E-state index in [9.17, 15) is 33.4 Å². The van der Waals surface area contributed by atoms with Crippen LogP contribution in [-0.2, 0) is 31.6 Å². The number of rotatable bonds is 8. The van der Waals surface area contributed by atoms with Gasteiger partial charge in [-0.1, -0.05) is 17.9 Å². The second-order valence-corrected chi connectivity index (χ2v) is 12.6. The van der Waals surface area contributed by atoms with Crippen LogP contribution in [0.3, 0.4) is 0 Å². The average molecular weight is 595 g/mol. The minimum absolute atomic E-state index is 0.133. The molecule has 1 fully saturated rings. The Kier molecular flexibility index (Phi) is 9.17. The van der Waals surface area contributed by atoms with Crippen LogP contribution in [0, 0.1) is 25.7 Å². The molecule has 7 N–H and O–H groups in total. The first-order valence-electron chi connectivity index (χ1n) is 10.5. The van der Waals surface area contributed by atoms with Crippen molar-refractivity contribution < 1.29 is 56.3 Å². The molecule has 38 heavy (non-hydrogen) atoms. The van der Waals surface area contributed by atoms with Gasteiger partial charge in [-0.15, -0.1) is 0 Å². The van der Waals surface area contributed by atoms with Gasteiger partial charge in [-0.25, -0.2) is 18.5 Å². The maximum atomic E-state index is 12.4. The van der Waals surface area contributed by atoms with E-state index in [1.807, 2.05) is 32.0 Å². The second kappa shape index (κ2) is 11.5. The van der Waals surface area contributed by atoms with Crippen LogP contribution in [0.15, 0.2) is 29.2 Å². The Bertz CT molecular complexity index is 1460. The van der Waals surface area contributed by atoms with Crippen molar-refractivity contribution in [1.29, 1.82) is 0 Å². The predicted molar refractivity (Wildman–Crippen MR) is 129 cm³/mol. The molecule has 2 heterocycles. The highest BCUT2D eigenvalue weighted by molar-refractivity contribution is 7.66. The van der Waals surface area contributed by atoms with Crippen molar-refractivity contribution in [2.24, 2.45) is 0 Å². The van der Waals surface area contributed by atoms with E-state index in [1.165, 1.54) is 6.20 Å². The Morgan fingerprint density at radius 1 is 1.08 bits per heavy atom. The number of nitrogen functional groups attached to an aromatic ring is 1. The van der Waals surface area contributed by atoms with E-state index < -0.39 is 54.2 Å². The molecule has 1 saturated heterocycles. The summed E-state index contributed by atoms with van der Waals surface area (Å²) in [6.45, 7) is 2.94. The maximum absolute atomic E-state index is 12.4. The molecule has 1 aliphatic rings. The molecule has 0 amide bonds. The van der Waals surface area contributed by atoms with Crippen LogP contribution in [0.4, 0.5) is 5.82 Å². The van der Waals surface area contributed by atoms with Gasteiger partial charge in [-0.05, 0) is 37.1 Å². The summed E-state index contributed by atoms with van der Waals surface area (Å²) in [5, 5.41) is 10.3. The molecule has 0 radical (unpaired) electrons. The molecule has 16 nitrogen and oxygen atoms in total. The summed E-state index contributed by atoms with van der Waals surface area (Å²) >= 11 is 0. The number of aliphatic hydroxyl groups is 1. The van der Waals surface area contributed by atoms with E-state index in [0.717, 1.165) is 15.7 Å². The van der Waals surface area contributed by atoms with Crippen molar-refractivity contribution in [3.8, 4) is 11.8 Å². The summed E-state index contributed by atoms with van der Waals surface area (Å²) in [4.78, 5) is 52.1. The maximum Gasteiger partial charge on any atom is 0.490 e. The Morgan fingerprint density at radius 3 is 2.32 bits per heavy atom. The van der Waals surface area contributed by atoms with Gasteiger partial charge in [-0.2, -0.15) is 13.6 Å². The van der Waals surface area contributed by atoms with Gasteiger partial charge in [0.1, 0.15) is 18.1 Å². The first-order chi connectivity index (χ1) is 17.4. The standard InChI is InChI=1S/C19H24N3O13P3/c1-11-5-12(2)7-13(6-11)3-4-14-9-22(19(24)21-18(14)20)17-8-15(23)16(33-17)10-32-37(28,29)35-38(30,31)34-36(25,26)27/h5-7,9,15-17,23H,8,10H2,1-2H3,(H,28,29)(H,30,31)(H2,20,21,24)(H2,25,26,27). The Hall–Kier alpha value is -2.21. The number of aliphatic hydroxyl groups excluding tert-OH is 1. The Morgan fingerprint density at radius 2 is 1.71 bits per heavy atom. The average Bonchev–Trinajstić information content (AvgIpc) is 3.08. The quantitative estimate of drug-likeness (QED) is 0.183. The monoisotopic (exact) mass is 595 g/mol. The SMILES string of the molecule is Cc1cc(C)cc(C#Cc2cn(C3CC(O)C(COP(=O)(O)OP(=O)(O)OP(=O)(O)O)O3)c(=O)nc2N)c1. The molecule has 0 saturated carbocycles. The van der Waals surface area contributed by atoms with Gasteiger partial charge in [0.05, 0.1) is 18.3 Å². The van der Waals surface area contributed by atoms with E-state index in [1.54, 1.807) is 0 Å². The van der Waals surface area contributed by atoms with Crippen LogP contribution >= 0.6 is 23.5 Å². The van der Waals surface area contributed by atoms with Crippen molar-refractivity contribution >= 4 is 29.3 Å². The van der Waals surface area contributed by atoms with E-state index in [0.29, 0.717) is 5.56 Å². The van der Waals surface area contributed by atoms with Crippen LogP contribution in [0.5, 0.6) is 0 Å². The first kappa shape index (κ1) is 30.3. The van der Waals surface area contributed by atoms with Crippen molar-refractivity contribution in [2.45, 2.75) is 38.7 Å². The number of benzene rings is 1. The molecule has 5 atom stereocenters. The highest BCUT2D eigenvalue weighted by Crippen LogP contribution is 2.66. The molecule has 0 spiro atoms. The Labute approximate surface area is 215 Å². The molecule has 0 aliphatic carbocycles. The predicted octanol–water partition coefficient (Wildman–Crippen LogP) is 0.834. The molecule has 0 bridgehead atoms. The number of ether oxygens (including phenoxy) is 1. The number of hydrogen-bond donors (Lipinski definition) is 6. The summed E-state index contributed by atoms with van der Waals surface area (Å²) in [6.07, 6.45) is -2.72. The highest BCUT2D eigenvalue weighted by Gasteiger charge is 2.43. The molecule has 5 unspecified atom stereocenters. The fourth-order valence-electron chi connectivity index (χ4n) is 3.48. The zero-order chi connectivity index (χ0) is 28.5. The lowest BCUT2D eigenvalue weighted by molar-refractivity contribution is -0.0449. The van der Waals surface area contributed by atoms with E-state index in [2.05, 4.69) is 30.0 Å². The zero-order valence-electron chi connectivity index (χ0n) is 19.8. The van der Waals surface area contributed by atoms with E-state index in [-0.39, 0.29) is 17.8 Å². The summed E-state index contributed by atoms with van der Waals surface area (Å²) < 4.78 is 52.3. The summed E-state index contributed by atoms with van der Waals surface area (Å²) in [5.74, 6) is 5.64. The number of hydrogen-bond acceptors (Lipinski definition) is 11. The van der Waals surface area contributed by atoms with Crippen molar-refractivity contribution in [1.82, 2.24) is 9.55 Å². The van der Waals surface area contributed by atoms with Crippen LogP contribution in [-0.4, -0.2) is 53.0 Å². The van der Waals surface area contributed by atoms with Gasteiger partial charge in [0.25, 0.3) is 0 Å². The van der Waals surface area contributed by atoms with E-state index >= 15 is 0 Å².